The van der Waals surface area contributed by atoms with Crippen molar-refractivity contribution in [2.24, 2.45) is 0 Å². The van der Waals surface area contributed by atoms with Gasteiger partial charge in [-0.15, -0.1) is 5.10 Å². The number of halogens is 2. The second-order valence-corrected chi connectivity index (χ2v) is 6.85. The van der Waals surface area contributed by atoms with E-state index in [1.165, 1.54) is 5.56 Å². The maximum absolute atomic E-state index is 6.04. The van der Waals surface area contributed by atoms with Gasteiger partial charge in [0.05, 0.1) is 6.20 Å². The third-order valence-corrected chi connectivity index (χ3v) is 4.56. The molecule has 5 nitrogen and oxygen atoms in total. The first-order valence-electron chi connectivity index (χ1n) is 7.90. The van der Waals surface area contributed by atoms with Crippen molar-refractivity contribution in [2.45, 2.75) is 19.4 Å². The molecule has 2 heterocycles. The van der Waals surface area contributed by atoms with Crippen LogP contribution < -0.4 is 10.2 Å². The van der Waals surface area contributed by atoms with Crippen molar-refractivity contribution in [2.75, 3.05) is 10.2 Å². The second kappa shape index (κ2) is 6.50. The zero-order valence-electron chi connectivity index (χ0n) is 13.4. The summed E-state index contributed by atoms with van der Waals surface area (Å²) >= 11 is 12.1. The summed E-state index contributed by atoms with van der Waals surface area (Å²) in [6.07, 6.45) is 2.65. The van der Waals surface area contributed by atoms with Crippen molar-refractivity contribution in [3.8, 4) is 0 Å². The van der Waals surface area contributed by atoms with E-state index < -0.39 is 0 Å². The van der Waals surface area contributed by atoms with E-state index in [-0.39, 0.29) is 0 Å². The lowest BCUT2D eigenvalue weighted by atomic mass is 10.1. The minimum absolute atomic E-state index is 0.308. The molecule has 126 valence electrons. The van der Waals surface area contributed by atoms with Crippen molar-refractivity contribution < 1.29 is 0 Å². The van der Waals surface area contributed by atoms with Gasteiger partial charge in [0, 0.05) is 27.5 Å². The zero-order chi connectivity index (χ0) is 17.4. The Balaban J connectivity index is 1.66. The predicted molar refractivity (Wildman–Crippen MR) is 101 cm³/mol. The maximum Gasteiger partial charge on any atom is 0.249 e. The number of anilines is 4. The minimum atomic E-state index is 0.308. The van der Waals surface area contributed by atoms with Crippen LogP contribution in [-0.4, -0.2) is 21.2 Å². The molecule has 0 saturated carbocycles. The highest BCUT2D eigenvalue weighted by Gasteiger charge is 2.28. The molecular weight excluding hydrogens is 357 g/mol. The molecule has 1 aromatic heterocycles. The topological polar surface area (TPSA) is 53.9 Å². The summed E-state index contributed by atoms with van der Waals surface area (Å²) < 4.78 is 0. The highest BCUT2D eigenvalue weighted by atomic mass is 35.5. The Hall–Kier alpha value is -2.37. The summed E-state index contributed by atoms with van der Waals surface area (Å²) in [5, 5.41) is 12.3. The number of hydrogen-bond acceptors (Lipinski definition) is 5. The third kappa shape index (κ3) is 3.25. The minimum Gasteiger partial charge on any atom is -0.323 e. The quantitative estimate of drug-likeness (QED) is 0.701. The summed E-state index contributed by atoms with van der Waals surface area (Å²) in [4.78, 5) is 6.79. The molecule has 1 unspecified atom stereocenters. The monoisotopic (exact) mass is 371 g/mol. The normalized spacial score (nSPS) is 16.0. The Labute approximate surface area is 155 Å². The third-order valence-electron chi connectivity index (χ3n) is 4.12. The lowest BCUT2D eigenvalue weighted by Gasteiger charge is -2.23. The Morgan fingerprint density at radius 2 is 1.88 bits per heavy atom. The van der Waals surface area contributed by atoms with Crippen LogP contribution in [0.1, 0.15) is 12.5 Å². The molecule has 25 heavy (non-hydrogen) atoms. The molecule has 2 aromatic carbocycles. The second-order valence-electron chi connectivity index (χ2n) is 5.97. The number of nitrogens with one attached hydrogen (secondary N) is 1. The van der Waals surface area contributed by atoms with Gasteiger partial charge in [-0.25, -0.2) is 0 Å². The molecule has 7 heteroatoms. The van der Waals surface area contributed by atoms with E-state index >= 15 is 0 Å². The van der Waals surface area contributed by atoms with Crippen LogP contribution in [0.3, 0.4) is 0 Å². The first-order chi connectivity index (χ1) is 12.1. The summed E-state index contributed by atoms with van der Waals surface area (Å²) in [5.41, 5.74) is 3.18. The summed E-state index contributed by atoms with van der Waals surface area (Å²) in [7, 11) is 0. The number of aromatic nitrogens is 3. The summed E-state index contributed by atoms with van der Waals surface area (Å²) in [5.74, 6) is 1.15. The number of benzene rings is 2. The maximum atomic E-state index is 6.04. The van der Waals surface area contributed by atoms with Gasteiger partial charge in [-0.05, 0) is 43.2 Å². The van der Waals surface area contributed by atoms with Crippen molar-refractivity contribution in [1.82, 2.24) is 15.2 Å². The fourth-order valence-electron chi connectivity index (χ4n) is 3.13. The SMILES string of the molecule is CC1Cc2ccccc2N1c1cnnc(Nc2cc(Cl)cc(Cl)c2)n1. The van der Waals surface area contributed by atoms with Crippen molar-refractivity contribution in [3.63, 3.8) is 0 Å². The molecule has 0 fully saturated rings. The number of hydrogen-bond donors (Lipinski definition) is 1. The van der Waals surface area contributed by atoms with E-state index in [1.54, 1.807) is 24.4 Å². The number of fused-ring (bicyclic) bond motifs is 1. The molecule has 0 spiro atoms. The van der Waals surface area contributed by atoms with E-state index in [9.17, 15) is 0 Å². The Morgan fingerprint density at radius 3 is 2.68 bits per heavy atom. The van der Waals surface area contributed by atoms with Crippen molar-refractivity contribution in [1.29, 1.82) is 0 Å². The highest BCUT2D eigenvalue weighted by Crippen LogP contribution is 2.37. The standard InChI is InChI=1S/C18H15Cl2N5/c1-11-6-12-4-2-3-5-16(12)25(11)17-10-21-24-18(23-17)22-15-8-13(19)7-14(20)9-15/h2-5,7-11H,6H2,1H3,(H,22,23,24). The van der Waals surface area contributed by atoms with E-state index in [0.717, 1.165) is 17.9 Å². The predicted octanol–water partition coefficient (Wildman–Crippen LogP) is 5.00. The Kier molecular flexibility index (Phi) is 4.19. The molecule has 1 N–H and O–H groups in total. The largest absolute Gasteiger partial charge is 0.323 e. The van der Waals surface area contributed by atoms with Gasteiger partial charge >= 0.3 is 0 Å². The molecule has 4 rings (SSSR count). The average Bonchev–Trinajstić information content (AvgIpc) is 2.90. The van der Waals surface area contributed by atoms with Crippen LogP contribution >= 0.6 is 23.2 Å². The van der Waals surface area contributed by atoms with Crippen LogP contribution in [0, 0.1) is 0 Å². The van der Waals surface area contributed by atoms with Crippen LogP contribution in [0.5, 0.6) is 0 Å². The van der Waals surface area contributed by atoms with Crippen molar-refractivity contribution >= 4 is 46.3 Å². The van der Waals surface area contributed by atoms with Gasteiger partial charge in [-0.2, -0.15) is 10.1 Å². The van der Waals surface area contributed by atoms with E-state index in [1.807, 2.05) is 6.07 Å². The van der Waals surface area contributed by atoms with E-state index in [4.69, 9.17) is 23.2 Å². The van der Waals surface area contributed by atoms with Crippen LogP contribution in [0.15, 0.2) is 48.7 Å². The number of para-hydroxylation sites is 1. The van der Waals surface area contributed by atoms with Crippen LogP contribution in [-0.2, 0) is 6.42 Å². The van der Waals surface area contributed by atoms with Crippen LogP contribution in [0.25, 0.3) is 0 Å². The van der Waals surface area contributed by atoms with Gasteiger partial charge < -0.3 is 10.2 Å². The summed E-state index contributed by atoms with van der Waals surface area (Å²) in [6, 6.07) is 13.8. The van der Waals surface area contributed by atoms with Gasteiger partial charge in [0.1, 0.15) is 0 Å². The Bertz CT molecular complexity index is 911. The molecule has 0 bridgehead atoms. The first-order valence-corrected chi connectivity index (χ1v) is 8.66. The molecule has 0 saturated heterocycles. The Morgan fingerprint density at radius 1 is 1.12 bits per heavy atom. The van der Waals surface area contributed by atoms with Gasteiger partial charge in [-0.3, -0.25) is 0 Å². The molecular formula is C18H15Cl2N5. The zero-order valence-corrected chi connectivity index (χ0v) is 15.0. The smallest absolute Gasteiger partial charge is 0.249 e. The van der Waals surface area contributed by atoms with Gasteiger partial charge in [0.15, 0.2) is 5.82 Å². The molecule has 0 radical (unpaired) electrons. The molecule has 1 aliphatic heterocycles. The van der Waals surface area contributed by atoms with Crippen molar-refractivity contribution in [3.05, 3.63) is 64.3 Å². The lowest BCUT2D eigenvalue weighted by Crippen LogP contribution is -2.25. The number of rotatable bonds is 3. The molecule has 0 amide bonds. The van der Waals surface area contributed by atoms with Gasteiger partial charge in [-0.1, -0.05) is 41.4 Å². The van der Waals surface area contributed by atoms with Gasteiger partial charge in [0.2, 0.25) is 5.95 Å². The molecule has 0 aliphatic carbocycles. The van der Waals surface area contributed by atoms with Crippen LogP contribution in [0.2, 0.25) is 10.0 Å². The number of nitrogens with zero attached hydrogens (tertiary/aromatic N) is 4. The van der Waals surface area contributed by atoms with E-state index in [2.05, 4.69) is 50.5 Å². The van der Waals surface area contributed by atoms with Gasteiger partial charge in [0.25, 0.3) is 0 Å². The molecule has 1 aliphatic rings. The molecule has 1 atom stereocenters. The van der Waals surface area contributed by atoms with E-state index in [0.29, 0.717) is 27.7 Å². The summed E-state index contributed by atoms with van der Waals surface area (Å²) in [6.45, 7) is 2.17. The first kappa shape index (κ1) is 16.1. The highest BCUT2D eigenvalue weighted by molar-refractivity contribution is 6.35. The average molecular weight is 372 g/mol. The fourth-order valence-corrected chi connectivity index (χ4v) is 3.66. The lowest BCUT2D eigenvalue weighted by molar-refractivity contribution is 0.745. The fraction of sp³-hybridized carbons (Fsp3) is 0.167. The molecule has 3 aromatic rings. The van der Waals surface area contributed by atoms with Crippen LogP contribution in [0.4, 0.5) is 23.1 Å².